The third-order valence-corrected chi connectivity index (χ3v) is 4.51. The minimum absolute atomic E-state index is 0.292. The van der Waals surface area contributed by atoms with Gasteiger partial charge in [0.1, 0.15) is 5.82 Å². The molecule has 0 amide bonds. The summed E-state index contributed by atoms with van der Waals surface area (Å²) in [6.45, 7) is 7.99. The second-order valence-electron chi connectivity index (χ2n) is 6.18. The van der Waals surface area contributed by atoms with E-state index in [2.05, 4.69) is 29.2 Å². The number of hydrogen-bond acceptors (Lipinski definition) is 4. The van der Waals surface area contributed by atoms with Gasteiger partial charge in [0.15, 0.2) is 0 Å². The predicted molar refractivity (Wildman–Crippen MR) is 98.5 cm³/mol. The molecule has 0 spiro atoms. The lowest BCUT2D eigenvalue weighted by Gasteiger charge is -2.35. The number of benzene rings is 1. The van der Waals surface area contributed by atoms with Gasteiger partial charge in [0.05, 0.1) is 22.9 Å². The van der Waals surface area contributed by atoms with Crippen LogP contribution in [0.25, 0.3) is 5.69 Å². The van der Waals surface area contributed by atoms with Crippen LogP contribution in [0.2, 0.25) is 10.0 Å². The lowest BCUT2D eigenvalue weighted by molar-refractivity contribution is -0.0667. The first-order valence-electron chi connectivity index (χ1n) is 8.14. The molecule has 1 aromatic heterocycles. The normalized spacial score (nSPS) is 21.8. The van der Waals surface area contributed by atoms with Gasteiger partial charge in [-0.15, -0.1) is 0 Å². The van der Waals surface area contributed by atoms with Crippen molar-refractivity contribution in [1.82, 2.24) is 14.7 Å². The Balaban J connectivity index is 1.55. The van der Waals surface area contributed by atoms with Gasteiger partial charge < -0.3 is 10.1 Å². The third-order valence-electron chi connectivity index (χ3n) is 3.98. The molecule has 3 rings (SSSR count). The zero-order valence-electron chi connectivity index (χ0n) is 13.9. The molecular formula is C17H22Cl2N4O. The second-order valence-corrected chi connectivity index (χ2v) is 7.03. The molecule has 24 heavy (non-hydrogen) atoms. The summed E-state index contributed by atoms with van der Waals surface area (Å²) in [5.41, 5.74) is 0.810. The molecule has 1 aliphatic heterocycles. The number of morpholine rings is 1. The number of anilines is 1. The maximum Gasteiger partial charge on any atom is 0.148 e. The maximum absolute atomic E-state index is 6.22. The zero-order chi connectivity index (χ0) is 17.1. The number of rotatable bonds is 5. The van der Waals surface area contributed by atoms with Gasteiger partial charge in [0.2, 0.25) is 0 Å². The highest BCUT2D eigenvalue weighted by atomic mass is 35.5. The molecule has 2 unspecified atom stereocenters. The molecule has 1 aromatic carbocycles. The predicted octanol–water partition coefficient (Wildman–Crippen LogP) is 3.70. The molecule has 1 N–H and O–H groups in total. The molecule has 0 saturated carbocycles. The van der Waals surface area contributed by atoms with Crippen molar-refractivity contribution in [3.8, 4) is 5.69 Å². The molecule has 1 aliphatic rings. The summed E-state index contributed by atoms with van der Waals surface area (Å²) in [5, 5.41) is 9.07. The highest BCUT2D eigenvalue weighted by Crippen LogP contribution is 2.24. The van der Waals surface area contributed by atoms with Crippen molar-refractivity contribution in [2.75, 3.05) is 31.5 Å². The van der Waals surface area contributed by atoms with Crippen LogP contribution < -0.4 is 5.32 Å². The summed E-state index contributed by atoms with van der Waals surface area (Å²) in [6.07, 6.45) is 2.47. The fraction of sp³-hybridized carbons (Fsp3) is 0.471. The molecule has 7 heteroatoms. The molecule has 2 aromatic rings. The Labute approximate surface area is 152 Å². The topological polar surface area (TPSA) is 42.3 Å². The van der Waals surface area contributed by atoms with E-state index in [1.807, 2.05) is 18.3 Å². The van der Waals surface area contributed by atoms with Crippen LogP contribution >= 0.6 is 23.2 Å². The summed E-state index contributed by atoms with van der Waals surface area (Å²) >= 11 is 12.2. The fourth-order valence-corrected chi connectivity index (χ4v) is 3.52. The van der Waals surface area contributed by atoms with E-state index < -0.39 is 0 Å². The van der Waals surface area contributed by atoms with E-state index in [-0.39, 0.29) is 0 Å². The Hall–Kier alpha value is -1.27. The van der Waals surface area contributed by atoms with Crippen LogP contribution in [0, 0.1) is 0 Å². The smallest absolute Gasteiger partial charge is 0.148 e. The molecule has 0 aliphatic carbocycles. The van der Waals surface area contributed by atoms with Crippen molar-refractivity contribution in [1.29, 1.82) is 0 Å². The zero-order valence-corrected chi connectivity index (χ0v) is 15.4. The molecule has 0 radical (unpaired) electrons. The van der Waals surface area contributed by atoms with Crippen LogP contribution in [0.4, 0.5) is 5.82 Å². The summed E-state index contributed by atoms with van der Waals surface area (Å²) in [7, 11) is 0. The van der Waals surface area contributed by atoms with Gasteiger partial charge in [0, 0.05) is 43.5 Å². The largest absolute Gasteiger partial charge is 0.373 e. The van der Waals surface area contributed by atoms with Gasteiger partial charge in [-0.3, -0.25) is 4.90 Å². The fourth-order valence-electron chi connectivity index (χ4n) is 3.03. The number of nitrogens with zero attached hydrogens (tertiary/aromatic N) is 3. The van der Waals surface area contributed by atoms with Crippen LogP contribution in [-0.2, 0) is 4.74 Å². The average Bonchev–Trinajstić information content (AvgIpc) is 2.95. The van der Waals surface area contributed by atoms with Gasteiger partial charge >= 0.3 is 0 Å². The molecular weight excluding hydrogens is 347 g/mol. The van der Waals surface area contributed by atoms with E-state index in [1.165, 1.54) is 0 Å². The quantitative estimate of drug-likeness (QED) is 0.873. The van der Waals surface area contributed by atoms with E-state index in [0.717, 1.165) is 37.7 Å². The van der Waals surface area contributed by atoms with Crippen molar-refractivity contribution in [2.24, 2.45) is 0 Å². The Morgan fingerprint density at radius 3 is 2.67 bits per heavy atom. The first-order valence-corrected chi connectivity index (χ1v) is 8.89. The second kappa shape index (κ2) is 7.74. The van der Waals surface area contributed by atoms with Gasteiger partial charge in [-0.05, 0) is 32.0 Å². The first kappa shape index (κ1) is 17.5. The van der Waals surface area contributed by atoms with E-state index in [4.69, 9.17) is 27.9 Å². The highest BCUT2D eigenvalue weighted by Gasteiger charge is 2.21. The van der Waals surface area contributed by atoms with Crippen molar-refractivity contribution in [3.63, 3.8) is 0 Å². The summed E-state index contributed by atoms with van der Waals surface area (Å²) in [4.78, 5) is 2.42. The molecule has 1 fully saturated rings. The van der Waals surface area contributed by atoms with Crippen LogP contribution in [0.15, 0.2) is 30.5 Å². The van der Waals surface area contributed by atoms with Crippen LogP contribution in [-0.4, -0.2) is 53.1 Å². The van der Waals surface area contributed by atoms with Crippen molar-refractivity contribution < 1.29 is 4.74 Å². The Morgan fingerprint density at radius 1 is 1.21 bits per heavy atom. The standard InChI is InChI=1S/C17H22Cl2N4O/c1-12-10-22(11-13(2)24-12)8-6-20-17-5-7-23(21-17)16-4-3-14(18)9-15(16)19/h3-5,7,9,12-13H,6,8,10-11H2,1-2H3,(H,20,21). The number of halogens is 2. The molecule has 1 saturated heterocycles. The van der Waals surface area contributed by atoms with E-state index in [1.54, 1.807) is 16.8 Å². The first-order chi connectivity index (χ1) is 11.5. The van der Waals surface area contributed by atoms with Gasteiger partial charge in [-0.2, -0.15) is 5.10 Å². The number of hydrogen-bond donors (Lipinski definition) is 1. The maximum atomic E-state index is 6.22. The number of nitrogens with one attached hydrogen (secondary N) is 1. The van der Waals surface area contributed by atoms with Gasteiger partial charge in [0.25, 0.3) is 0 Å². The Bertz CT molecular complexity index is 681. The van der Waals surface area contributed by atoms with Gasteiger partial charge in [-0.1, -0.05) is 23.2 Å². The van der Waals surface area contributed by atoms with E-state index >= 15 is 0 Å². The molecule has 2 heterocycles. The summed E-state index contributed by atoms with van der Waals surface area (Å²) in [6, 6.07) is 7.32. The average molecular weight is 369 g/mol. The number of aromatic nitrogens is 2. The van der Waals surface area contributed by atoms with Crippen LogP contribution in [0.1, 0.15) is 13.8 Å². The highest BCUT2D eigenvalue weighted by molar-refractivity contribution is 6.35. The lowest BCUT2D eigenvalue weighted by Crippen LogP contribution is -2.46. The molecule has 130 valence electrons. The molecule has 2 atom stereocenters. The molecule has 0 bridgehead atoms. The van der Waals surface area contributed by atoms with Gasteiger partial charge in [-0.25, -0.2) is 4.68 Å². The van der Waals surface area contributed by atoms with E-state index in [0.29, 0.717) is 22.3 Å². The Morgan fingerprint density at radius 2 is 1.96 bits per heavy atom. The summed E-state index contributed by atoms with van der Waals surface area (Å²) in [5.74, 6) is 0.829. The minimum atomic E-state index is 0.292. The molecule has 5 nitrogen and oxygen atoms in total. The number of ether oxygens (including phenoxy) is 1. The van der Waals surface area contributed by atoms with Crippen molar-refractivity contribution >= 4 is 29.0 Å². The van der Waals surface area contributed by atoms with Crippen molar-refractivity contribution in [2.45, 2.75) is 26.1 Å². The van der Waals surface area contributed by atoms with Crippen molar-refractivity contribution in [3.05, 3.63) is 40.5 Å². The minimum Gasteiger partial charge on any atom is -0.373 e. The van der Waals surface area contributed by atoms with E-state index in [9.17, 15) is 0 Å². The SMILES string of the molecule is CC1CN(CCNc2ccn(-c3ccc(Cl)cc3Cl)n2)CC(C)O1. The third kappa shape index (κ3) is 4.42. The van der Waals surface area contributed by atoms with Crippen LogP contribution in [0.3, 0.4) is 0 Å². The monoisotopic (exact) mass is 368 g/mol. The van der Waals surface area contributed by atoms with Crippen LogP contribution in [0.5, 0.6) is 0 Å². The lowest BCUT2D eigenvalue weighted by atomic mass is 10.2. The Kier molecular flexibility index (Phi) is 5.66. The summed E-state index contributed by atoms with van der Waals surface area (Å²) < 4.78 is 7.50.